The van der Waals surface area contributed by atoms with Crippen LogP contribution in [-0.2, 0) is 0 Å². The van der Waals surface area contributed by atoms with Crippen molar-refractivity contribution in [2.45, 2.75) is 37.8 Å². The molecule has 0 bridgehead atoms. The molecule has 2 aromatic rings. The van der Waals surface area contributed by atoms with Crippen molar-refractivity contribution in [1.29, 1.82) is 0 Å². The molecular weight excluding hydrogens is 438 g/mol. The van der Waals surface area contributed by atoms with Gasteiger partial charge in [0.1, 0.15) is 0 Å². The Labute approximate surface area is 182 Å². The van der Waals surface area contributed by atoms with E-state index in [1.54, 1.807) is 0 Å². The van der Waals surface area contributed by atoms with Crippen LogP contribution in [0, 0.1) is 5.92 Å². The predicted octanol–water partition coefficient (Wildman–Crippen LogP) is 5.85. The van der Waals surface area contributed by atoms with Gasteiger partial charge in [-0.25, -0.2) is 4.79 Å². The van der Waals surface area contributed by atoms with Gasteiger partial charge < -0.3 is 15.5 Å². The summed E-state index contributed by atoms with van der Waals surface area (Å²) in [6, 6.07) is 19.0. The van der Waals surface area contributed by atoms with Crippen LogP contribution in [0.1, 0.15) is 37.3 Å². The molecule has 1 saturated carbocycles. The summed E-state index contributed by atoms with van der Waals surface area (Å²) in [5.74, 6) is 0.619. The molecule has 2 N–H and O–H groups in total. The Morgan fingerprint density at radius 1 is 1.04 bits per heavy atom. The first-order chi connectivity index (χ1) is 13.0. The summed E-state index contributed by atoms with van der Waals surface area (Å²) in [7, 11) is 4.32. The predicted molar refractivity (Wildman–Crippen MR) is 122 cm³/mol. The van der Waals surface area contributed by atoms with Crippen LogP contribution in [-0.4, -0.2) is 31.1 Å². The van der Waals surface area contributed by atoms with Crippen LogP contribution in [0.3, 0.4) is 0 Å². The molecule has 3 rings (SSSR count). The summed E-state index contributed by atoms with van der Waals surface area (Å²) in [5.41, 5.74) is 2.18. The van der Waals surface area contributed by atoms with E-state index in [0.29, 0.717) is 12.0 Å². The summed E-state index contributed by atoms with van der Waals surface area (Å²) in [5, 5.41) is 6.06. The second-order valence-electron chi connectivity index (χ2n) is 7.54. The van der Waals surface area contributed by atoms with Crippen molar-refractivity contribution < 1.29 is 4.79 Å². The van der Waals surface area contributed by atoms with Crippen molar-refractivity contribution in [1.82, 2.24) is 10.2 Å². The molecule has 0 aliphatic heterocycles. The van der Waals surface area contributed by atoms with Gasteiger partial charge in [0, 0.05) is 22.2 Å². The standard InChI is InChI=1S/C22H28BrN3O.ClH/c1-26(2)21(16-7-4-3-5-8-16)17-11-13-19(14-12-17)24-22(27)25-20-10-6-9-18(23)15-20;/h3-10,15,17,19,21H,11-14H2,1-2H3,(H2,24,25,27);1H. The molecule has 1 fully saturated rings. The first-order valence-electron chi connectivity index (χ1n) is 9.57. The normalized spacial score (nSPS) is 20.1. The van der Waals surface area contributed by atoms with Gasteiger partial charge >= 0.3 is 6.03 Å². The smallest absolute Gasteiger partial charge is 0.319 e. The van der Waals surface area contributed by atoms with Crippen LogP contribution >= 0.6 is 28.3 Å². The maximum atomic E-state index is 12.3. The maximum absolute atomic E-state index is 12.3. The van der Waals surface area contributed by atoms with Gasteiger partial charge in [-0.05, 0) is 69.5 Å². The number of hydrogen-bond donors (Lipinski definition) is 2. The first kappa shape index (κ1) is 22.7. The molecule has 0 radical (unpaired) electrons. The van der Waals surface area contributed by atoms with Crippen molar-refractivity contribution in [3.63, 3.8) is 0 Å². The highest BCUT2D eigenvalue weighted by Crippen LogP contribution is 2.37. The molecule has 4 nitrogen and oxygen atoms in total. The van der Waals surface area contributed by atoms with E-state index in [-0.39, 0.29) is 24.5 Å². The van der Waals surface area contributed by atoms with E-state index in [1.807, 2.05) is 24.3 Å². The van der Waals surface area contributed by atoms with Gasteiger partial charge in [-0.15, -0.1) is 12.4 Å². The second-order valence-corrected chi connectivity index (χ2v) is 8.46. The SMILES string of the molecule is CN(C)C(c1ccccc1)C1CCC(NC(=O)Nc2cccc(Br)c2)CC1.Cl. The Morgan fingerprint density at radius 3 is 2.32 bits per heavy atom. The lowest BCUT2D eigenvalue weighted by Crippen LogP contribution is -2.41. The minimum Gasteiger partial charge on any atom is -0.335 e. The Kier molecular flexibility index (Phi) is 8.80. The van der Waals surface area contributed by atoms with Gasteiger partial charge in [0.2, 0.25) is 0 Å². The fraction of sp³-hybridized carbons (Fsp3) is 0.409. The number of anilines is 1. The Morgan fingerprint density at radius 2 is 1.71 bits per heavy atom. The Bertz CT molecular complexity index is 748. The molecule has 2 amide bonds. The van der Waals surface area contributed by atoms with E-state index < -0.39 is 0 Å². The zero-order chi connectivity index (χ0) is 19.2. The third-order valence-corrected chi connectivity index (χ3v) is 5.83. The number of benzene rings is 2. The molecule has 1 aliphatic rings. The van der Waals surface area contributed by atoms with Crippen molar-refractivity contribution in [3.05, 3.63) is 64.6 Å². The lowest BCUT2D eigenvalue weighted by Gasteiger charge is -2.37. The van der Waals surface area contributed by atoms with E-state index in [9.17, 15) is 4.79 Å². The average molecular weight is 467 g/mol. The number of halogens is 2. The highest BCUT2D eigenvalue weighted by atomic mass is 79.9. The molecule has 0 saturated heterocycles. The van der Waals surface area contributed by atoms with E-state index in [4.69, 9.17) is 0 Å². The second kappa shape index (κ2) is 10.8. The molecule has 0 aromatic heterocycles. The van der Waals surface area contributed by atoms with Crippen LogP contribution in [0.5, 0.6) is 0 Å². The highest BCUT2D eigenvalue weighted by Gasteiger charge is 2.30. The minimum absolute atomic E-state index is 0. The molecule has 2 aromatic carbocycles. The summed E-state index contributed by atoms with van der Waals surface area (Å²) in [6.45, 7) is 0. The molecule has 1 unspecified atom stereocenters. The lowest BCUT2D eigenvalue weighted by molar-refractivity contribution is 0.158. The molecule has 6 heteroatoms. The number of hydrogen-bond acceptors (Lipinski definition) is 2. The van der Waals surface area contributed by atoms with Gasteiger partial charge in [0.25, 0.3) is 0 Å². The topological polar surface area (TPSA) is 44.4 Å². The molecule has 28 heavy (non-hydrogen) atoms. The van der Waals surface area contributed by atoms with Crippen LogP contribution < -0.4 is 10.6 Å². The van der Waals surface area contributed by atoms with Gasteiger partial charge in [0.05, 0.1) is 0 Å². The molecule has 152 valence electrons. The number of amides is 2. The van der Waals surface area contributed by atoms with E-state index >= 15 is 0 Å². The molecular formula is C22H29BrClN3O. The molecule has 0 spiro atoms. The van der Waals surface area contributed by atoms with E-state index in [2.05, 4.69) is 75.9 Å². The van der Waals surface area contributed by atoms with Crippen LogP contribution in [0.15, 0.2) is 59.1 Å². The zero-order valence-corrected chi connectivity index (χ0v) is 18.8. The van der Waals surface area contributed by atoms with Crippen molar-refractivity contribution >= 4 is 40.1 Å². The minimum atomic E-state index is -0.122. The summed E-state index contributed by atoms with van der Waals surface area (Å²) in [4.78, 5) is 14.6. The monoisotopic (exact) mass is 465 g/mol. The van der Waals surface area contributed by atoms with Gasteiger partial charge in [-0.1, -0.05) is 52.3 Å². The lowest BCUT2D eigenvalue weighted by atomic mass is 9.79. The number of rotatable bonds is 5. The van der Waals surface area contributed by atoms with Crippen molar-refractivity contribution in [2.75, 3.05) is 19.4 Å². The van der Waals surface area contributed by atoms with Crippen LogP contribution in [0.2, 0.25) is 0 Å². The number of urea groups is 1. The van der Waals surface area contributed by atoms with Crippen LogP contribution in [0.25, 0.3) is 0 Å². The maximum Gasteiger partial charge on any atom is 0.319 e. The summed E-state index contributed by atoms with van der Waals surface area (Å²) in [6.07, 6.45) is 4.29. The number of carbonyl (C=O) groups is 1. The Balaban J connectivity index is 0.00000280. The molecule has 0 heterocycles. The van der Waals surface area contributed by atoms with E-state index in [0.717, 1.165) is 35.8 Å². The van der Waals surface area contributed by atoms with Crippen molar-refractivity contribution in [3.8, 4) is 0 Å². The van der Waals surface area contributed by atoms with Gasteiger partial charge in [-0.2, -0.15) is 0 Å². The van der Waals surface area contributed by atoms with Gasteiger partial charge in [-0.3, -0.25) is 0 Å². The highest BCUT2D eigenvalue weighted by molar-refractivity contribution is 9.10. The summed E-state index contributed by atoms with van der Waals surface area (Å²) >= 11 is 3.43. The largest absolute Gasteiger partial charge is 0.335 e. The third-order valence-electron chi connectivity index (χ3n) is 5.33. The van der Waals surface area contributed by atoms with E-state index in [1.165, 1.54) is 5.56 Å². The molecule has 1 atom stereocenters. The number of carbonyl (C=O) groups excluding carboxylic acids is 1. The van der Waals surface area contributed by atoms with Crippen LogP contribution in [0.4, 0.5) is 10.5 Å². The fourth-order valence-electron chi connectivity index (χ4n) is 4.14. The summed E-state index contributed by atoms with van der Waals surface area (Å²) < 4.78 is 0.955. The average Bonchev–Trinajstić information content (AvgIpc) is 2.64. The van der Waals surface area contributed by atoms with Gasteiger partial charge in [0.15, 0.2) is 0 Å². The number of nitrogens with one attached hydrogen (secondary N) is 2. The molecule has 1 aliphatic carbocycles. The quantitative estimate of drug-likeness (QED) is 0.580. The number of nitrogens with zero attached hydrogens (tertiary/aromatic N) is 1. The fourth-order valence-corrected chi connectivity index (χ4v) is 4.54. The zero-order valence-electron chi connectivity index (χ0n) is 16.4. The van der Waals surface area contributed by atoms with Crippen molar-refractivity contribution in [2.24, 2.45) is 5.92 Å². The first-order valence-corrected chi connectivity index (χ1v) is 10.4. The third kappa shape index (κ3) is 6.23. The Hall–Kier alpha value is -1.56.